The second-order valence-electron chi connectivity index (χ2n) is 5.40. The number of hydrogen-bond acceptors (Lipinski definition) is 5. The molecule has 0 atom stereocenters. The summed E-state index contributed by atoms with van der Waals surface area (Å²) in [5.41, 5.74) is 2.07. The summed E-state index contributed by atoms with van der Waals surface area (Å²) in [5.74, 6) is 0. The molecule has 5 nitrogen and oxygen atoms in total. The first kappa shape index (κ1) is 28.6. The summed E-state index contributed by atoms with van der Waals surface area (Å²) in [7, 11) is 0. The zero-order valence-electron chi connectivity index (χ0n) is 16.3. The molecule has 0 bridgehead atoms. The third-order valence-electron chi connectivity index (χ3n) is 2.09. The molecule has 0 saturated heterocycles. The molecule has 0 unspecified atom stereocenters. The molecule has 0 radical (unpaired) electrons. The van der Waals surface area contributed by atoms with E-state index in [4.69, 9.17) is 24.4 Å². The van der Waals surface area contributed by atoms with Gasteiger partial charge in [-0.2, -0.15) is 0 Å². The van der Waals surface area contributed by atoms with Gasteiger partial charge in [-0.15, -0.1) is 13.2 Å². The van der Waals surface area contributed by atoms with Crippen molar-refractivity contribution in [2.24, 2.45) is 0 Å². The summed E-state index contributed by atoms with van der Waals surface area (Å²) in [6.45, 7) is 23.9. The first-order chi connectivity index (χ1) is 11.8. The monoisotopic (exact) mass is 358 g/mol. The number of ether oxygens (including phenoxy) is 3. The van der Waals surface area contributed by atoms with E-state index in [0.717, 1.165) is 17.6 Å². The minimum atomic E-state index is -1.10. The molecule has 0 saturated carbocycles. The van der Waals surface area contributed by atoms with E-state index >= 15 is 0 Å². The molecule has 0 amide bonds. The maximum absolute atomic E-state index is 8.11. The molecular formula is C20H38O5. The number of hydrogen-bond donors (Lipinski definition) is 2. The second kappa shape index (κ2) is 25.0. The molecule has 0 fully saturated rings. The summed E-state index contributed by atoms with van der Waals surface area (Å²) < 4.78 is 15.3. The lowest BCUT2D eigenvalue weighted by atomic mass is 10.3. The molecular weight excluding hydrogens is 320 g/mol. The third-order valence-corrected chi connectivity index (χ3v) is 2.09. The summed E-state index contributed by atoms with van der Waals surface area (Å²) in [6, 6.07) is 0. The Morgan fingerprint density at radius 3 is 1.48 bits per heavy atom. The highest BCUT2D eigenvalue weighted by atomic mass is 16.5. The van der Waals surface area contributed by atoms with Gasteiger partial charge in [-0.25, -0.2) is 0 Å². The van der Waals surface area contributed by atoms with Crippen molar-refractivity contribution in [3.05, 3.63) is 49.6 Å². The molecule has 0 aliphatic carbocycles. The lowest BCUT2D eigenvalue weighted by Gasteiger charge is -2.04. The molecule has 0 aliphatic rings. The van der Waals surface area contributed by atoms with E-state index in [1.165, 1.54) is 0 Å². The molecule has 0 rings (SSSR count). The van der Waals surface area contributed by atoms with E-state index in [9.17, 15) is 0 Å². The Hall–Kier alpha value is -1.24. The Balaban J connectivity index is -0.000000317. The zero-order valence-corrected chi connectivity index (χ0v) is 16.3. The van der Waals surface area contributed by atoms with Crippen LogP contribution in [-0.2, 0) is 14.2 Å². The summed E-state index contributed by atoms with van der Waals surface area (Å²) in [5, 5.41) is 16.2. The van der Waals surface area contributed by atoms with E-state index in [1.807, 2.05) is 20.8 Å². The third kappa shape index (κ3) is 45.0. The van der Waals surface area contributed by atoms with Gasteiger partial charge in [-0.3, -0.25) is 0 Å². The van der Waals surface area contributed by atoms with Gasteiger partial charge in [0.15, 0.2) is 6.29 Å². The van der Waals surface area contributed by atoms with Gasteiger partial charge in [0, 0.05) is 0 Å². The van der Waals surface area contributed by atoms with Crippen molar-refractivity contribution in [1.82, 2.24) is 0 Å². The van der Waals surface area contributed by atoms with E-state index < -0.39 is 6.29 Å². The molecule has 0 aromatic rings. The maximum Gasteiger partial charge on any atom is 0.151 e. The standard InChI is InChI=1S/C10H18O2.C6H10O.C4H10O2/c1-9(2)7-11-5-6-12-8-10(3)4;1-3-5-7-6-4-2;1-2-3-4(5)6/h1,3,5-8H2,2,4H3;3-4H,1-2,5-6H2;4-6H,2-3H2,1H3. The molecule has 0 heterocycles. The van der Waals surface area contributed by atoms with Crippen LogP contribution < -0.4 is 0 Å². The quantitative estimate of drug-likeness (QED) is 0.299. The average molecular weight is 359 g/mol. The maximum atomic E-state index is 8.11. The van der Waals surface area contributed by atoms with Gasteiger partial charge in [0.1, 0.15) is 0 Å². The van der Waals surface area contributed by atoms with E-state index in [0.29, 0.717) is 46.1 Å². The first-order valence-electron chi connectivity index (χ1n) is 8.41. The van der Waals surface area contributed by atoms with Gasteiger partial charge >= 0.3 is 0 Å². The Kier molecular flexibility index (Phi) is 28.6. The first-order valence-corrected chi connectivity index (χ1v) is 8.41. The fourth-order valence-corrected chi connectivity index (χ4v) is 1.10. The van der Waals surface area contributed by atoms with Gasteiger partial charge in [0.05, 0.1) is 39.6 Å². The molecule has 25 heavy (non-hydrogen) atoms. The predicted octanol–water partition coefficient (Wildman–Crippen LogP) is 3.64. The molecule has 0 aromatic carbocycles. The largest absolute Gasteiger partial charge is 0.375 e. The van der Waals surface area contributed by atoms with Crippen molar-refractivity contribution in [2.45, 2.75) is 39.9 Å². The van der Waals surface area contributed by atoms with Crippen LogP contribution in [0.1, 0.15) is 33.6 Å². The van der Waals surface area contributed by atoms with Crippen LogP contribution >= 0.6 is 0 Å². The molecule has 148 valence electrons. The average Bonchev–Trinajstić information content (AvgIpc) is 2.52. The van der Waals surface area contributed by atoms with E-state index in [-0.39, 0.29) is 0 Å². The minimum Gasteiger partial charge on any atom is -0.375 e. The second-order valence-corrected chi connectivity index (χ2v) is 5.40. The van der Waals surface area contributed by atoms with Crippen LogP contribution in [0, 0.1) is 0 Å². The predicted molar refractivity (Wildman–Crippen MR) is 106 cm³/mol. The number of aliphatic hydroxyl groups is 2. The van der Waals surface area contributed by atoms with Crippen LogP contribution in [0.5, 0.6) is 0 Å². The van der Waals surface area contributed by atoms with Gasteiger partial charge < -0.3 is 24.4 Å². The summed E-state index contributed by atoms with van der Waals surface area (Å²) >= 11 is 0. The van der Waals surface area contributed by atoms with Crippen molar-refractivity contribution in [3.8, 4) is 0 Å². The summed E-state index contributed by atoms with van der Waals surface area (Å²) in [4.78, 5) is 0. The Bertz CT molecular complexity index is 298. The van der Waals surface area contributed by atoms with Crippen molar-refractivity contribution >= 4 is 0 Å². The zero-order chi connectivity index (χ0) is 19.9. The highest BCUT2D eigenvalue weighted by molar-refractivity contribution is 4.88. The van der Waals surface area contributed by atoms with E-state index in [2.05, 4.69) is 26.3 Å². The van der Waals surface area contributed by atoms with Crippen molar-refractivity contribution in [2.75, 3.05) is 39.6 Å². The Morgan fingerprint density at radius 2 is 1.28 bits per heavy atom. The fourth-order valence-electron chi connectivity index (χ4n) is 1.10. The molecule has 0 spiro atoms. The lowest BCUT2D eigenvalue weighted by molar-refractivity contribution is -0.0453. The molecule has 2 N–H and O–H groups in total. The van der Waals surface area contributed by atoms with E-state index in [1.54, 1.807) is 12.2 Å². The molecule has 0 aliphatic heterocycles. The van der Waals surface area contributed by atoms with Crippen molar-refractivity contribution in [1.29, 1.82) is 0 Å². The molecule has 5 heteroatoms. The fraction of sp³-hybridized carbons (Fsp3) is 0.600. The highest BCUT2D eigenvalue weighted by Gasteiger charge is 1.90. The smallest absolute Gasteiger partial charge is 0.151 e. The Morgan fingerprint density at radius 1 is 0.880 bits per heavy atom. The van der Waals surface area contributed by atoms with Crippen LogP contribution in [0.3, 0.4) is 0 Å². The Labute approximate surface area is 154 Å². The van der Waals surface area contributed by atoms with Crippen LogP contribution in [0.15, 0.2) is 49.6 Å². The van der Waals surface area contributed by atoms with Crippen LogP contribution in [-0.4, -0.2) is 56.1 Å². The van der Waals surface area contributed by atoms with Gasteiger partial charge in [0.25, 0.3) is 0 Å². The number of aliphatic hydroxyl groups excluding tert-OH is 1. The molecule has 0 aromatic heterocycles. The normalized spacial score (nSPS) is 9.36. The minimum absolute atomic E-state index is 0.486. The summed E-state index contributed by atoms with van der Waals surface area (Å²) in [6.07, 6.45) is 3.64. The number of rotatable bonds is 13. The topological polar surface area (TPSA) is 68.2 Å². The SMILES string of the molecule is C=C(C)COCCOCC(=C)C.C=CCOCC=C.CCCC(O)O. The van der Waals surface area contributed by atoms with Crippen molar-refractivity contribution < 1.29 is 24.4 Å². The van der Waals surface area contributed by atoms with Gasteiger partial charge in [-0.1, -0.05) is 49.8 Å². The van der Waals surface area contributed by atoms with Crippen LogP contribution in [0.25, 0.3) is 0 Å². The van der Waals surface area contributed by atoms with Crippen molar-refractivity contribution in [3.63, 3.8) is 0 Å². The van der Waals surface area contributed by atoms with Crippen LogP contribution in [0.2, 0.25) is 0 Å². The van der Waals surface area contributed by atoms with Crippen LogP contribution in [0.4, 0.5) is 0 Å². The lowest BCUT2D eigenvalue weighted by Crippen LogP contribution is -2.06. The van der Waals surface area contributed by atoms with Gasteiger partial charge in [0.2, 0.25) is 0 Å². The van der Waals surface area contributed by atoms with Gasteiger partial charge in [-0.05, 0) is 20.3 Å². The highest BCUT2D eigenvalue weighted by Crippen LogP contribution is 1.90.